The molecule has 2 aliphatic rings. The van der Waals surface area contributed by atoms with Crippen molar-refractivity contribution in [3.8, 4) is 0 Å². The molecular weight excluding hydrogens is 318 g/mol. The zero-order valence-electron chi connectivity index (χ0n) is 13.2. The van der Waals surface area contributed by atoms with Crippen LogP contribution >= 0.6 is 0 Å². The number of sulfonamides is 1. The Morgan fingerprint density at radius 1 is 1.22 bits per heavy atom. The SMILES string of the molecule is Cc1cc([N+](=O)[O-])cc(C)c1S(=O)(=O)N1CC2CCC(N)C2C1. The van der Waals surface area contributed by atoms with Crippen molar-refractivity contribution in [2.75, 3.05) is 13.1 Å². The van der Waals surface area contributed by atoms with Crippen LogP contribution in [-0.4, -0.2) is 36.8 Å². The number of hydrogen-bond donors (Lipinski definition) is 1. The molecule has 1 aliphatic carbocycles. The number of rotatable bonds is 3. The Morgan fingerprint density at radius 3 is 2.35 bits per heavy atom. The summed E-state index contributed by atoms with van der Waals surface area (Å²) in [5.41, 5.74) is 6.83. The van der Waals surface area contributed by atoms with Crippen LogP contribution < -0.4 is 5.73 Å². The zero-order chi connectivity index (χ0) is 16.9. The Kier molecular flexibility index (Phi) is 3.94. The lowest BCUT2D eigenvalue weighted by Crippen LogP contribution is -2.34. The maximum Gasteiger partial charge on any atom is 0.270 e. The number of benzene rings is 1. The van der Waals surface area contributed by atoms with Crippen LogP contribution in [0.4, 0.5) is 5.69 Å². The van der Waals surface area contributed by atoms with Gasteiger partial charge in [0.2, 0.25) is 10.0 Å². The minimum Gasteiger partial charge on any atom is -0.327 e. The Labute approximate surface area is 135 Å². The summed E-state index contributed by atoms with van der Waals surface area (Å²) in [6, 6.07) is 2.71. The zero-order valence-corrected chi connectivity index (χ0v) is 14.0. The lowest BCUT2D eigenvalue weighted by Gasteiger charge is -2.21. The molecular formula is C15H21N3O4S. The number of nitro groups is 1. The van der Waals surface area contributed by atoms with Crippen molar-refractivity contribution >= 4 is 15.7 Å². The molecule has 2 fully saturated rings. The normalized spacial score (nSPS) is 28.0. The van der Waals surface area contributed by atoms with E-state index in [4.69, 9.17) is 5.73 Å². The first-order chi connectivity index (χ1) is 10.7. The first-order valence-corrected chi connectivity index (χ1v) is 9.17. The van der Waals surface area contributed by atoms with Gasteiger partial charge in [-0.2, -0.15) is 4.31 Å². The molecule has 1 aliphatic heterocycles. The van der Waals surface area contributed by atoms with Crippen LogP contribution in [-0.2, 0) is 10.0 Å². The third kappa shape index (κ3) is 2.64. The Bertz CT molecular complexity index is 739. The molecule has 126 valence electrons. The number of aryl methyl sites for hydroxylation is 2. The van der Waals surface area contributed by atoms with Crippen molar-refractivity contribution in [2.45, 2.75) is 37.6 Å². The van der Waals surface area contributed by atoms with Gasteiger partial charge in [-0.25, -0.2) is 8.42 Å². The number of nitro benzene ring substituents is 1. The van der Waals surface area contributed by atoms with Crippen LogP contribution in [0.25, 0.3) is 0 Å². The van der Waals surface area contributed by atoms with Gasteiger partial charge in [0.15, 0.2) is 0 Å². The Morgan fingerprint density at radius 2 is 1.83 bits per heavy atom. The van der Waals surface area contributed by atoms with Gasteiger partial charge < -0.3 is 5.73 Å². The third-order valence-electron chi connectivity index (χ3n) is 5.13. The molecule has 3 atom stereocenters. The molecule has 1 aromatic carbocycles. The van der Waals surface area contributed by atoms with Crippen molar-refractivity contribution in [1.29, 1.82) is 0 Å². The molecule has 0 bridgehead atoms. The smallest absolute Gasteiger partial charge is 0.270 e. The molecule has 1 aromatic rings. The van der Waals surface area contributed by atoms with Crippen LogP contribution in [0.2, 0.25) is 0 Å². The second-order valence-corrected chi connectivity index (χ2v) is 8.53. The van der Waals surface area contributed by atoms with E-state index in [0.717, 1.165) is 12.8 Å². The summed E-state index contributed by atoms with van der Waals surface area (Å²) in [7, 11) is -3.65. The fourth-order valence-corrected chi connectivity index (χ4v) is 5.98. The highest BCUT2D eigenvalue weighted by molar-refractivity contribution is 7.89. The molecule has 3 unspecified atom stereocenters. The van der Waals surface area contributed by atoms with E-state index in [-0.39, 0.29) is 22.5 Å². The lowest BCUT2D eigenvalue weighted by atomic mass is 9.98. The van der Waals surface area contributed by atoms with E-state index in [1.54, 1.807) is 13.8 Å². The molecule has 1 heterocycles. The van der Waals surface area contributed by atoms with Gasteiger partial charge in [0.05, 0.1) is 9.82 Å². The van der Waals surface area contributed by atoms with Gasteiger partial charge in [0, 0.05) is 31.3 Å². The minimum absolute atomic E-state index is 0.0688. The number of nitrogens with zero attached hydrogens (tertiary/aromatic N) is 2. The molecule has 23 heavy (non-hydrogen) atoms. The number of non-ortho nitro benzene ring substituents is 1. The predicted octanol–water partition coefficient (Wildman–Crippen LogP) is 1.57. The van der Waals surface area contributed by atoms with Crippen molar-refractivity contribution in [2.24, 2.45) is 17.6 Å². The highest BCUT2D eigenvalue weighted by Crippen LogP contribution is 2.40. The van der Waals surface area contributed by atoms with Crippen molar-refractivity contribution in [1.82, 2.24) is 4.31 Å². The molecule has 2 N–H and O–H groups in total. The van der Waals surface area contributed by atoms with E-state index >= 15 is 0 Å². The van der Waals surface area contributed by atoms with Gasteiger partial charge in [-0.1, -0.05) is 0 Å². The molecule has 0 radical (unpaired) electrons. The third-order valence-corrected chi connectivity index (χ3v) is 7.27. The van der Waals surface area contributed by atoms with E-state index in [9.17, 15) is 18.5 Å². The molecule has 8 heteroatoms. The van der Waals surface area contributed by atoms with Gasteiger partial charge in [0.1, 0.15) is 0 Å². The molecule has 3 rings (SSSR count). The summed E-state index contributed by atoms with van der Waals surface area (Å²) in [4.78, 5) is 10.6. The predicted molar refractivity (Wildman–Crippen MR) is 85.5 cm³/mol. The van der Waals surface area contributed by atoms with Crippen molar-refractivity contribution in [3.63, 3.8) is 0 Å². The Balaban J connectivity index is 1.97. The van der Waals surface area contributed by atoms with E-state index < -0.39 is 14.9 Å². The highest BCUT2D eigenvalue weighted by Gasteiger charge is 2.45. The van der Waals surface area contributed by atoms with E-state index in [1.165, 1.54) is 16.4 Å². The van der Waals surface area contributed by atoms with E-state index in [0.29, 0.717) is 30.1 Å². The van der Waals surface area contributed by atoms with Crippen LogP contribution in [0.1, 0.15) is 24.0 Å². The maximum absolute atomic E-state index is 13.0. The summed E-state index contributed by atoms with van der Waals surface area (Å²) in [5, 5.41) is 10.9. The van der Waals surface area contributed by atoms with Gasteiger partial charge in [-0.15, -0.1) is 0 Å². The largest absolute Gasteiger partial charge is 0.327 e. The van der Waals surface area contributed by atoms with Crippen molar-refractivity contribution in [3.05, 3.63) is 33.4 Å². The van der Waals surface area contributed by atoms with Gasteiger partial charge >= 0.3 is 0 Å². The van der Waals surface area contributed by atoms with Gasteiger partial charge in [0.25, 0.3) is 5.69 Å². The van der Waals surface area contributed by atoms with Gasteiger partial charge in [-0.3, -0.25) is 10.1 Å². The van der Waals surface area contributed by atoms with Crippen LogP contribution in [0.15, 0.2) is 17.0 Å². The number of hydrogen-bond acceptors (Lipinski definition) is 5. The molecule has 0 aromatic heterocycles. The fourth-order valence-electron chi connectivity index (χ4n) is 4.03. The van der Waals surface area contributed by atoms with E-state index in [1.807, 2.05) is 0 Å². The molecule has 1 saturated carbocycles. The molecule has 7 nitrogen and oxygen atoms in total. The van der Waals surface area contributed by atoms with Crippen LogP contribution in [0, 0.1) is 35.8 Å². The standard InChI is InChI=1S/C15H21N3O4S/c1-9-5-12(18(19)20)6-10(2)15(9)23(21,22)17-7-11-3-4-14(16)13(11)8-17/h5-6,11,13-14H,3-4,7-8,16H2,1-2H3. The summed E-state index contributed by atoms with van der Waals surface area (Å²) >= 11 is 0. The number of nitrogens with two attached hydrogens (primary N) is 1. The quantitative estimate of drug-likeness (QED) is 0.664. The summed E-state index contributed by atoms with van der Waals surface area (Å²) < 4.78 is 27.5. The average Bonchev–Trinajstić information content (AvgIpc) is 3.00. The summed E-state index contributed by atoms with van der Waals surface area (Å²) in [6.07, 6.45) is 1.93. The topological polar surface area (TPSA) is 107 Å². The highest BCUT2D eigenvalue weighted by atomic mass is 32.2. The molecule has 1 saturated heterocycles. The molecule has 0 amide bonds. The van der Waals surface area contributed by atoms with Gasteiger partial charge in [-0.05, 0) is 49.7 Å². The maximum atomic E-state index is 13.0. The minimum atomic E-state index is -3.65. The van der Waals surface area contributed by atoms with Crippen LogP contribution in [0.5, 0.6) is 0 Å². The Hall–Kier alpha value is -1.51. The lowest BCUT2D eigenvalue weighted by molar-refractivity contribution is -0.385. The van der Waals surface area contributed by atoms with Crippen LogP contribution in [0.3, 0.4) is 0 Å². The average molecular weight is 339 g/mol. The fraction of sp³-hybridized carbons (Fsp3) is 0.600. The monoisotopic (exact) mass is 339 g/mol. The summed E-state index contributed by atoms with van der Waals surface area (Å²) in [5.74, 6) is 0.557. The first kappa shape index (κ1) is 16.4. The number of fused-ring (bicyclic) bond motifs is 1. The second-order valence-electron chi connectivity index (χ2n) is 6.65. The van der Waals surface area contributed by atoms with Crippen molar-refractivity contribution < 1.29 is 13.3 Å². The summed E-state index contributed by atoms with van der Waals surface area (Å²) in [6.45, 7) is 4.16. The van der Waals surface area contributed by atoms with E-state index in [2.05, 4.69) is 0 Å². The molecule has 0 spiro atoms. The first-order valence-electron chi connectivity index (χ1n) is 7.73. The second kappa shape index (κ2) is 5.54.